The van der Waals surface area contributed by atoms with E-state index in [0.717, 1.165) is 11.1 Å². The summed E-state index contributed by atoms with van der Waals surface area (Å²) in [6.07, 6.45) is 0.638. The van der Waals surface area contributed by atoms with Gasteiger partial charge in [-0.25, -0.2) is 18.0 Å². The maximum Gasteiger partial charge on any atom is 0.338 e. The monoisotopic (exact) mass is 546 g/mol. The summed E-state index contributed by atoms with van der Waals surface area (Å²) in [5.74, 6) is -0.453. The van der Waals surface area contributed by atoms with Crippen LogP contribution in [-0.2, 0) is 19.6 Å². The van der Waals surface area contributed by atoms with Crippen molar-refractivity contribution in [3.8, 4) is 0 Å². The van der Waals surface area contributed by atoms with Crippen LogP contribution in [0.4, 0.5) is 4.79 Å². The minimum atomic E-state index is -3.61. The van der Waals surface area contributed by atoms with E-state index >= 15 is 0 Å². The summed E-state index contributed by atoms with van der Waals surface area (Å²) in [6.45, 7) is 8.36. The van der Waals surface area contributed by atoms with Crippen LogP contribution >= 0.6 is 11.3 Å². The number of hydrogen-bond donors (Lipinski definition) is 1. The van der Waals surface area contributed by atoms with Crippen molar-refractivity contribution in [2.75, 3.05) is 45.9 Å². The molecule has 0 radical (unpaired) electrons. The second-order valence-corrected chi connectivity index (χ2v) is 11.8. The third-order valence-electron chi connectivity index (χ3n) is 6.71. The van der Waals surface area contributed by atoms with Crippen molar-refractivity contribution in [3.63, 3.8) is 0 Å². The Morgan fingerprint density at radius 3 is 2.51 bits per heavy atom. The highest BCUT2D eigenvalue weighted by molar-refractivity contribution is 7.89. The van der Waals surface area contributed by atoms with E-state index in [2.05, 4.69) is 10.2 Å². The zero-order valence-corrected chi connectivity index (χ0v) is 23.1. The molecular formula is C26H34N4O5S2. The number of esters is 1. The first kappa shape index (κ1) is 27.3. The van der Waals surface area contributed by atoms with E-state index in [0.29, 0.717) is 61.9 Å². The van der Waals surface area contributed by atoms with Crippen LogP contribution in [0.3, 0.4) is 0 Å². The van der Waals surface area contributed by atoms with Crippen molar-refractivity contribution >= 4 is 33.4 Å². The minimum Gasteiger partial charge on any atom is -0.463 e. The number of nitrogens with one attached hydrogen (secondary N) is 1. The molecule has 1 fully saturated rings. The average molecular weight is 547 g/mol. The van der Waals surface area contributed by atoms with Gasteiger partial charge in [0.1, 0.15) is 0 Å². The lowest BCUT2D eigenvalue weighted by molar-refractivity contribution is -0.139. The minimum absolute atomic E-state index is 0.224. The summed E-state index contributed by atoms with van der Waals surface area (Å²) in [5.41, 5.74) is 2.87. The highest BCUT2D eigenvalue weighted by Gasteiger charge is 2.38. The summed E-state index contributed by atoms with van der Waals surface area (Å²) in [4.78, 5) is 30.3. The molecule has 2 aliphatic heterocycles. The predicted molar refractivity (Wildman–Crippen MR) is 143 cm³/mol. The Bertz CT molecular complexity index is 1240. The second kappa shape index (κ2) is 11.8. The number of benzene rings is 1. The molecule has 1 saturated heterocycles. The molecule has 1 aromatic carbocycles. The average Bonchev–Trinajstić information content (AvgIpc) is 3.30. The van der Waals surface area contributed by atoms with Gasteiger partial charge in [0.2, 0.25) is 10.0 Å². The Kier molecular flexibility index (Phi) is 8.68. The molecule has 1 atom stereocenters. The van der Waals surface area contributed by atoms with Gasteiger partial charge in [0.05, 0.1) is 23.1 Å². The van der Waals surface area contributed by atoms with E-state index in [1.165, 1.54) is 15.6 Å². The van der Waals surface area contributed by atoms with Crippen molar-refractivity contribution in [1.29, 1.82) is 0 Å². The molecule has 3 heterocycles. The van der Waals surface area contributed by atoms with Crippen LogP contribution in [0.25, 0.3) is 0 Å². The van der Waals surface area contributed by atoms with Gasteiger partial charge in [-0.3, -0.25) is 9.80 Å². The number of amides is 2. The first-order valence-electron chi connectivity index (χ1n) is 12.6. The number of carbonyl (C=O) groups is 2. The van der Waals surface area contributed by atoms with Gasteiger partial charge in [0, 0.05) is 38.4 Å². The van der Waals surface area contributed by atoms with Crippen molar-refractivity contribution in [2.45, 2.75) is 38.1 Å². The lowest BCUT2D eigenvalue weighted by atomic mass is 9.96. The van der Waals surface area contributed by atoms with Crippen LogP contribution < -0.4 is 5.32 Å². The summed E-state index contributed by atoms with van der Waals surface area (Å²) in [7, 11) is -3.61. The highest BCUT2D eigenvalue weighted by atomic mass is 32.2. The molecule has 0 aliphatic carbocycles. The summed E-state index contributed by atoms with van der Waals surface area (Å²) >= 11 is 1.50. The molecular weight excluding hydrogens is 512 g/mol. The van der Waals surface area contributed by atoms with E-state index in [1.807, 2.05) is 30.7 Å². The molecule has 9 nitrogen and oxygen atoms in total. The number of likely N-dealkylation sites (N-methyl/N-ethyl adjacent to an activating group) is 1. The summed E-state index contributed by atoms with van der Waals surface area (Å²) in [6, 6.07) is 7.94. The number of aryl methyl sites for hydroxylation is 1. The molecule has 1 unspecified atom stereocenters. The second-order valence-electron chi connectivity index (χ2n) is 9.11. The SMILES string of the molecule is CCOC(=O)C1=C(CN2CCCN(S(=O)(=O)c3ccc(C)cc3)CC2)N(CC)C(=O)NC1c1ccsc1. The Labute approximate surface area is 222 Å². The number of rotatable bonds is 8. The van der Waals surface area contributed by atoms with E-state index < -0.39 is 22.0 Å². The number of sulfonamides is 1. The fourth-order valence-electron chi connectivity index (χ4n) is 4.76. The standard InChI is InChI=1S/C26H34N4O5S2/c1-4-30-22(23(25(31)35-5-2)24(27-26(30)32)20-11-16-36-18-20)17-28-12-6-13-29(15-14-28)37(33,34)21-9-7-19(3)8-10-21/h7-11,16,18,24H,4-6,12-15,17H2,1-3H3,(H,27,32). The smallest absolute Gasteiger partial charge is 0.338 e. The first-order chi connectivity index (χ1) is 17.8. The lowest BCUT2D eigenvalue weighted by Crippen LogP contribution is -2.51. The maximum absolute atomic E-state index is 13.3. The Morgan fingerprint density at radius 1 is 1.11 bits per heavy atom. The number of nitrogens with zero attached hydrogens (tertiary/aromatic N) is 3. The van der Waals surface area contributed by atoms with Gasteiger partial charge in [0.25, 0.3) is 0 Å². The Morgan fingerprint density at radius 2 is 1.86 bits per heavy atom. The van der Waals surface area contributed by atoms with E-state index in [-0.39, 0.29) is 12.6 Å². The highest BCUT2D eigenvalue weighted by Crippen LogP contribution is 2.33. The van der Waals surface area contributed by atoms with E-state index in [9.17, 15) is 18.0 Å². The number of urea groups is 1. The van der Waals surface area contributed by atoms with Crippen LogP contribution in [0, 0.1) is 6.92 Å². The van der Waals surface area contributed by atoms with Gasteiger partial charge in [0.15, 0.2) is 0 Å². The zero-order valence-electron chi connectivity index (χ0n) is 21.5. The number of thiophene rings is 1. The lowest BCUT2D eigenvalue weighted by Gasteiger charge is -2.37. The van der Waals surface area contributed by atoms with Gasteiger partial charge >= 0.3 is 12.0 Å². The van der Waals surface area contributed by atoms with Crippen molar-refractivity contribution < 1.29 is 22.7 Å². The molecule has 4 rings (SSSR count). The van der Waals surface area contributed by atoms with Crippen LogP contribution in [0.1, 0.15) is 37.4 Å². The molecule has 37 heavy (non-hydrogen) atoms. The van der Waals surface area contributed by atoms with Gasteiger partial charge < -0.3 is 10.1 Å². The fraction of sp³-hybridized carbons (Fsp3) is 0.462. The molecule has 2 amide bonds. The number of carbonyl (C=O) groups excluding carboxylic acids is 2. The van der Waals surface area contributed by atoms with Crippen LogP contribution in [0.15, 0.2) is 57.3 Å². The normalized spacial score (nSPS) is 20.0. The number of ether oxygens (including phenoxy) is 1. The topological polar surface area (TPSA) is 99.3 Å². The molecule has 1 N–H and O–H groups in total. The summed E-state index contributed by atoms with van der Waals surface area (Å²) < 4.78 is 33.5. The molecule has 11 heteroatoms. The van der Waals surface area contributed by atoms with Crippen LogP contribution in [0.2, 0.25) is 0 Å². The molecule has 2 aliphatic rings. The first-order valence-corrected chi connectivity index (χ1v) is 14.9. The fourth-order valence-corrected chi connectivity index (χ4v) is 6.92. The largest absolute Gasteiger partial charge is 0.463 e. The molecule has 0 spiro atoms. The van der Waals surface area contributed by atoms with Gasteiger partial charge in [-0.15, -0.1) is 0 Å². The van der Waals surface area contributed by atoms with Gasteiger partial charge in [-0.1, -0.05) is 17.7 Å². The van der Waals surface area contributed by atoms with Gasteiger partial charge in [-0.05, 0) is 68.3 Å². The maximum atomic E-state index is 13.3. The van der Waals surface area contributed by atoms with Crippen molar-refractivity contribution in [3.05, 3.63) is 63.5 Å². The molecule has 0 saturated carbocycles. The Hall–Kier alpha value is -2.73. The van der Waals surface area contributed by atoms with Gasteiger partial charge in [-0.2, -0.15) is 15.6 Å². The van der Waals surface area contributed by atoms with E-state index in [1.54, 1.807) is 36.1 Å². The third-order valence-corrected chi connectivity index (χ3v) is 9.32. The molecule has 200 valence electrons. The number of hydrogen-bond acceptors (Lipinski definition) is 7. The molecule has 0 bridgehead atoms. The third kappa shape index (κ3) is 5.90. The van der Waals surface area contributed by atoms with E-state index in [4.69, 9.17) is 4.74 Å². The summed E-state index contributed by atoms with van der Waals surface area (Å²) in [5, 5.41) is 6.80. The zero-order chi connectivity index (χ0) is 26.6. The van der Waals surface area contributed by atoms with Crippen molar-refractivity contribution in [2.24, 2.45) is 0 Å². The van der Waals surface area contributed by atoms with Crippen molar-refractivity contribution in [1.82, 2.24) is 19.4 Å². The quantitative estimate of drug-likeness (QED) is 0.510. The van der Waals surface area contributed by atoms with Crippen LogP contribution in [-0.4, -0.2) is 80.4 Å². The Balaban J connectivity index is 1.61. The predicted octanol–water partition coefficient (Wildman–Crippen LogP) is 3.36. The molecule has 1 aromatic heterocycles. The molecule has 2 aromatic rings. The van der Waals surface area contributed by atoms with Crippen LogP contribution in [0.5, 0.6) is 0 Å².